The van der Waals surface area contributed by atoms with Crippen LogP contribution in [0, 0.1) is 13.8 Å². The maximum absolute atomic E-state index is 12.5. The Labute approximate surface area is 136 Å². The highest BCUT2D eigenvalue weighted by Crippen LogP contribution is 2.35. The summed E-state index contributed by atoms with van der Waals surface area (Å²) in [5.74, 6) is 1.04. The topological polar surface area (TPSA) is 58.2 Å². The summed E-state index contributed by atoms with van der Waals surface area (Å²) in [6, 6.07) is 8.17. The van der Waals surface area contributed by atoms with Crippen LogP contribution >= 0.6 is 0 Å². The number of nitrogens with one attached hydrogen (secondary N) is 1. The van der Waals surface area contributed by atoms with Crippen LogP contribution in [-0.4, -0.2) is 34.7 Å². The van der Waals surface area contributed by atoms with Gasteiger partial charge in [-0.05, 0) is 43.5 Å². The van der Waals surface area contributed by atoms with Crippen LogP contribution in [0.4, 0.5) is 0 Å². The molecule has 1 aromatic heterocycles. The number of carbonyl (C=O) groups is 1. The zero-order valence-corrected chi connectivity index (χ0v) is 13.9. The predicted molar refractivity (Wildman–Crippen MR) is 88.4 cm³/mol. The highest BCUT2D eigenvalue weighted by atomic mass is 16.5. The molecule has 5 heteroatoms. The lowest BCUT2D eigenvalue weighted by atomic mass is 9.93. The van der Waals surface area contributed by atoms with Gasteiger partial charge in [-0.15, -0.1) is 0 Å². The molecule has 0 spiro atoms. The number of likely N-dealkylation sites (tertiary alicyclic amines) is 1. The van der Waals surface area contributed by atoms with Crippen molar-refractivity contribution in [3.8, 4) is 5.75 Å². The SMILES string of the molecule is COc1cccc([C@H]2CCN2C(=O)CCc2n[nH]c(C)c2C)c1. The number of hydrogen-bond donors (Lipinski definition) is 1. The first-order valence-electron chi connectivity index (χ1n) is 8.04. The Hall–Kier alpha value is -2.30. The fourth-order valence-corrected chi connectivity index (χ4v) is 3.03. The minimum Gasteiger partial charge on any atom is -0.497 e. The van der Waals surface area contributed by atoms with Gasteiger partial charge in [0.05, 0.1) is 18.8 Å². The van der Waals surface area contributed by atoms with E-state index >= 15 is 0 Å². The number of ether oxygens (including phenoxy) is 1. The molecule has 23 heavy (non-hydrogen) atoms. The van der Waals surface area contributed by atoms with Gasteiger partial charge in [-0.25, -0.2) is 0 Å². The smallest absolute Gasteiger partial charge is 0.223 e. The van der Waals surface area contributed by atoms with Crippen LogP contribution in [-0.2, 0) is 11.2 Å². The third-order valence-electron chi connectivity index (χ3n) is 4.75. The molecule has 0 bridgehead atoms. The van der Waals surface area contributed by atoms with E-state index < -0.39 is 0 Å². The van der Waals surface area contributed by atoms with E-state index in [2.05, 4.69) is 16.3 Å². The van der Waals surface area contributed by atoms with Gasteiger partial charge in [-0.1, -0.05) is 12.1 Å². The first kappa shape index (κ1) is 15.6. The third kappa shape index (κ3) is 3.09. The van der Waals surface area contributed by atoms with E-state index in [1.807, 2.05) is 36.9 Å². The summed E-state index contributed by atoms with van der Waals surface area (Å²) in [6.07, 6.45) is 2.21. The van der Waals surface area contributed by atoms with E-state index in [4.69, 9.17) is 4.74 Å². The number of rotatable bonds is 5. The van der Waals surface area contributed by atoms with Gasteiger partial charge in [0, 0.05) is 25.1 Å². The van der Waals surface area contributed by atoms with Crippen molar-refractivity contribution in [2.75, 3.05) is 13.7 Å². The van der Waals surface area contributed by atoms with E-state index in [9.17, 15) is 4.79 Å². The first-order chi connectivity index (χ1) is 11.1. The average Bonchev–Trinajstić information content (AvgIpc) is 2.84. The maximum atomic E-state index is 12.5. The number of aromatic nitrogens is 2. The summed E-state index contributed by atoms with van der Waals surface area (Å²) < 4.78 is 5.27. The Kier molecular flexibility index (Phi) is 4.37. The lowest BCUT2D eigenvalue weighted by Crippen LogP contribution is -2.45. The van der Waals surface area contributed by atoms with Crippen LogP contribution in [0.15, 0.2) is 24.3 Å². The number of aromatic amines is 1. The second-order valence-electron chi connectivity index (χ2n) is 6.09. The Morgan fingerprint density at radius 1 is 1.43 bits per heavy atom. The molecule has 1 fully saturated rings. The summed E-state index contributed by atoms with van der Waals surface area (Å²) in [5.41, 5.74) is 4.38. The van der Waals surface area contributed by atoms with Crippen LogP contribution in [0.25, 0.3) is 0 Å². The van der Waals surface area contributed by atoms with Crippen LogP contribution in [0.2, 0.25) is 0 Å². The highest BCUT2D eigenvalue weighted by Gasteiger charge is 2.33. The number of amides is 1. The minimum atomic E-state index is 0.180. The number of H-pyrrole nitrogens is 1. The summed E-state index contributed by atoms with van der Waals surface area (Å²) in [7, 11) is 1.66. The zero-order valence-electron chi connectivity index (χ0n) is 13.9. The maximum Gasteiger partial charge on any atom is 0.223 e. The van der Waals surface area contributed by atoms with Crippen LogP contribution in [0.3, 0.4) is 0 Å². The van der Waals surface area contributed by atoms with Crippen molar-refractivity contribution in [3.63, 3.8) is 0 Å². The van der Waals surface area contributed by atoms with Crippen molar-refractivity contribution in [2.24, 2.45) is 0 Å². The average molecular weight is 313 g/mol. The summed E-state index contributed by atoms with van der Waals surface area (Å²) in [5, 5.41) is 7.25. The summed E-state index contributed by atoms with van der Waals surface area (Å²) in [6.45, 7) is 4.88. The molecule has 3 rings (SSSR count). The number of nitrogens with zero attached hydrogens (tertiary/aromatic N) is 2. The number of methoxy groups -OCH3 is 1. The molecule has 2 heterocycles. The van der Waals surface area contributed by atoms with Crippen LogP contribution in [0.5, 0.6) is 5.75 Å². The monoisotopic (exact) mass is 313 g/mol. The van der Waals surface area contributed by atoms with Gasteiger partial charge >= 0.3 is 0 Å². The third-order valence-corrected chi connectivity index (χ3v) is 4.75. The van der Waals surface area contributed by atoms with E-state index in [1.54, 1.807) is 7.11 Å². The van der Waals surface area contributed by atoms with E-state index in [0.29, 0.717) is 12.8 Å². The summed E-state index contributed by atoms with van der Waals surface area (Å²) in [4.78, 5) is 14.5. The number of hydrogen-bond acceptors (Lipinski definition) is 3. The van der Waals surface area contributed by atoms with Gasteiger partial charge < -0.3 is 9.64 Å². The molecule has 0 radical (unpaired) electrons. The largest absolute Gasteiger partial charge is 0.497 e. The van der Waals surface area contributed by atoms with Gasteiger partial charge in [0.2, 0.25) is 5.91 Å². The van der Waals surface area contributed by atoms with E-state index in [-0.39, 0.29) is 11.9 Å². The Morgan fingerprint density at radius 3 is 2.87 bits per heavy atom. The zero-order chi connectivity index (χ0) is 16.4. The molecule has 1 saturated heterocycles. The molecule has 5 nitrogen and oxygen atoms in total. The predicted octanol–water partition coefficient (Wildman–Crippen LogP) is 2.94. The van der Waals surface area contributed by atoms with E-state index in [0.717, 1.165) is 41.2 Å². The van der Waals surface area contributed by atoms with Crippen molar-refractivity contribution >= 4 is 5.91 Å². The van der Waals surface area contributed by atoms with E-state index in [1.165, 1.54) is 0 Å². The van der Waals surface area contributed by atoms with Gasteiger partial charge in [0.1, 0.15) is 5.75 Å². The number of benzene rings is 1. The lowest BCUT2D eigenvalue weighted by molar-refractivity contribution is -0.139. The Bertz CT molecular complexity index is 708. The first-order valence-corrected chi connectivity index (χ1v) is 8.04. The lowest BCUT2D eigenvalue weighted by Gasteiger charge is -2.41. The molecular formula is C18H23N3O2. The molecule has 0 aliphatic carbocycles. The number of carbonyl (C=O) groups excluding carboxylic acids is 1. The fraction of sp³-hybridized carbons (Fsp3) is 0.444. The quantitative estimate of drug-likeness (QED) is 0.923. The molecule has 1 aliphatic heterocycles. The molecule has 1 amide bonds. The normalized spacial score (nSPS) is 17.0. The minimum absolute atomic E-state index is 0.180. The molecule has 0 saturated carbocycles. The summed E-state index contributed by atoms with van der Waals surface area (Å²) >= 11 is 0. The van der Waals surface area contributed by atoms with Crippen molar-refractivity contribution in [2.45, 2.75) is 39.2 Å². The van der Waals surface area contributed by atoms with Gasteiger partial charge in [-0.3, -0.25) is 9.89 Å². The second-order valence-corrected chi connectivity index (χ2v) is 6.09. The van der Waals surface area contributed by atoms with Crippen LogP contribution < -0.4 is 4.74 Å². The van der Waals surface area contributed by atoms with Crippen LogP contribution in [0.1, 0.15) is 41.4 Å². The number of aryl methyl sites for hydroxylation is 2. The molecule has 1 aromatic carbocycles. The van der Waals surface area contributed by atoms with Gasteiger partial charge in [-0.2, -0.15) is 5.10 Å². The van der Waals surface area contributed by atoms with Gasteiger partial charge in [0.15, 0.2) is 0 Å². The Morgan fingerprint density at radius 2 is 2.26 bits per heavy atom. The standard InChI is InChI=1S/C18H23N3O2/c1-12-13(2)19-20-16(12)7-8-18(22)21-10-9-17(21)14-5-4-6-15(11-14)23-3/h4-6,11,17H,7-10H2,1-3H3,(H,19,20)/t17-/m1/s1. The highest BCUT2D eigenvalue weighted by molar-refractivity contribution is 5.78. The molecule has 0 unspecified atom stereocenters. The molecule has 2 aromatic rings. The molecule has 1 aliphatic rings. The second kappa shape index (κ2) is 6.44. The molecular weight excluding hydrogens is 290 g/mol. The van der Waals surface area contributed by atoms with Crippen molar-refractivity contribution in [1.29, 1.82) is 0 Å². The van der Waals surface area contributed by atoms with Crippen molar-refractivity contribution < 1.29 is 9.53 Å². The van der Waals surface area contributed by atoms with Crippen molar-refractivity contribution in [3.05, 3.63) is 46.8 Å². The van der Waals surface area contributed by atoms with Gasteiger partial charge in [0.25, 0.3) is 0 Å². The van der Waals surface area contributed by atoms with Crippen molar-refractivity contribution in [1.82, 2.24) is 15.1 Å². The Balaban J connectivity index is 1.62. The molecule has 122 valence electrons. The molecule has 1 atom stereocenters. The molecule has 1 N–H and O–H groups in total. The fourth-order valence-electron chi connectivity index (χ4n) is 3.03.